The number of halogens is 2. The van der Waals surface area contributed by atoms with Crippen molar-refractivity contribution < 1.29 is 22.4 Å². The molecule has 6 heteroatoms. The van der Waals surface area contributed by atoms with E-state index in [0.29, 0.717) is 0 Å². The minimum absolute atomic E-state index is 0.101. The molecule has 0 amide bonds. The Morgan fingerprint density at radius 2 is 2.10 bits per heavy atom. The molecule has 0 aliphatic carbocycles. The molecular formula is C4H7F2O3P. The van der Waals surface area contributed by atoms with Crippen LogP contribution in [0.4, 0.5) is 8.78 Å². The summed E-state index contributed by atoms with van der Waals surface area (Å²) in [5.41, 5.74) is 0. The lowest BCUT2D eigenvalue weighted by Gasteiger charge is -2.06. The first-order valence-corrected chi connectivity index (χ1v) is 4.30. The van der Waals surface area contributed by atoms with Crippen LogP contribution in [0.15, 0.2) is 12.3 Å². The van der Waals surface area contributed by atoms with Gasteiger partial charge in [-0.1, -0.05) is 0 Å². The molecule has 0 heterocycles. The quantitative estimate of drug-likeness (QED) is 0.483. The van der Waals surface area contributed by atoms with Crippen LogP contribution in [0.5, 0.6) is 0 Å². The van der Waals surface area contributed by atoms with E-state index in [-0.39, 0.29) is 6.26 Å². The molecule has 0 rings (SSSR count). The molecule has 0 aliphatic rings. The Morgan fingerprint density at radius 1 is 1.60 bits per heavy atom. The Morgan fingerprint density at radius 3 is 2.40 bits per heavy atom. The van der Waals surface area contributed by atoms with Gasteiger partial charge in [-0.3, -0.25) is 0 Å². The summed E-state index contributed by atoms with van der Waals surface area (Å²) >= 11 is 0. The highest BCUT2D eigenvalue weighted by molar-refractivity contribution is 7.53. The van der Waals surface area contributed by atoms with Crippen LogP contribution in [0.25, 0.3) is 0 Å². The maximum atomic E-state index is 11.3. The first kappa shape index (κ1) is 9.59. The van der Waals surface area contributed by atoms with Gasteiger partial charge in [-0.25, -0.2) is 4.57 Å². The van der Waals surface area contributed by atoms with Gasteiger partial charge >= 0.3 is 13.7 Å². The van der Waals surface area contributed by atoms with E-state index in [4.69, 9.17) is 0 Å². The predicted molar refractivity (Wildman–Crippen MR) is 31.9 cm³/mol. The van der Waals surface area contributed by atoms with Crippen LogP contribution < -0.4 is 0 Å². The standard InChI is InChI=1S/C4H7F2O3P/c1-8-10(2,7)9-3-4(5)6/h3H,1-2H3. The Balaban J connectivity index is 3.92. The molecule has 0 saturated heterocycles. The molecule has 0 aromatic heterocycles. The second-order valence-corrected chi connectivity index (χ2v) is 3.59. The van der Waals surface area contributed by atoms with E-state index in [0.717, 1.165) is 13.8 Å². The normalized spacial score (nSPS) is 15.6. The molecule has 0 aliphatic heterocycles. The van der Waals surface area contributed by atoms with Crippen LogP contribution in [0, 0.1) is 0 Å². The monoisotopic (exact) mass is 172 g/mol. The lowest BCUT2D eigenvalue weighted by Crippen LogP contribution is -1.83. The topological polar surface area (TPSA) is 35.5 Å². The van der Waals surface area contributed by atoms with Crippen LogP contribution in [0.2, 0.25) is 0 Å². The summed E-state index contributed by atoms with van der Waals surface area (Å²) in [5.74, 6) is 0. The van der Waals surface area contributed by atoms with Crippen molar-refractivity contribution >= 4 is 7.60 Å². The average Bonchev–Trinajstić information content (AvgIpc) is 1.85. The van der Waals surface area contributed by atoms with E-state index in [2.05, 4.69) is 9.05 Å². The molecule has 1 unspecified atom stereocenters. The van der Waals surface area contributed by atoms with Gasteiger partial charge in [0.25, 0.3) is 0 Å². The first-order chi connectivity index (χ1) is 4.48. The van der Waals surface area contributed by atoms with Crippen molar-refractivity contribution in [1.29, 1.82) is 0 Å². The van der Waals surface area contributed by atoms with Crippen LogP contribution in [0.1, 0.15) is 0 Å². The van der Waals surface area contributed by atoms with Crippen LogP contribution in [-0.4, -0.2) is 13.8 Å². The van der Waals surface area contributed by atoms with Gasteiger partial charge in [0.05, 0.1) is 0 Å². The fourth-order valence-electron chi connectivity index (χ4n) is 0.179. The fourth-order valence-corrected chi connectivity index (χ4v) is 0.536. The number of hydrogen-bond acceptors (Lipinski definition) is 3. The van der Waals surface area contributed by atoms with E-state index in [1.807, 2.05) is 0 Å². The molecule has 0 radical (unpaired) electrons. The molecule has 0 saturated carbocycles. The average molecular weight is 172 g/mol. The molecule has 1 atom stereocenters. The zero-order valence-corrected chi connectivity index (χ0v) is 6.40. The maximum Gasteiger partial charge on any atom is 0.375 e. The summed E-state index contributed by atoms with van der Waals surface area (Å²) in [7, 11) is -2.17. The van der Waals surface area contributed by atoms with Gasteiger partial charge in [0.15, 0.2) is 6.26 Å². The zero-order chi connectivity index (χ0) is 8.20. The summed E-state index contributed by atoms with van der Waals surface area (Å²) in [5, 5.41) is 0. The Hall–Kier alpha value is -0.410. The summed E-state index contributed by atoms with van der Waals surface area (Å²) < 4.78 is 41.5. The third-order valence-electron chi connectivity index (χ3n) is 0.665. The molecular weight excluding hydrogens is 165 g/mol. The van der Waals surface area contributed by atoms with Gasteiger partial charge in [-0.05, 0) is 0 Å². The van der Waals surface area contributed by atoms with Crippen molar-refractivity contribution in [2.24, 2.45) is 0 Å². The molecule has 0 aromatic rings. The lowest BCUT2D eigenvalue weighted by molar-refractivity contribution is 0.288. The van der Waals surface area contributed by atoms with Crippen LogP contribution in [0.3, 0.4) is 0 Å². The van der Waals surface area contributed by atoms with E-state index in [9.17, 15) is 13.3 Å². The second kappa shape index (κ2) is 3.68. The van der Waals surface area contributed by atoms with Gasteiger partial charge in [0.1, 0.15) is 0 Å². The Labute approximate surface area is 57.2 Å². The largest absolute Gasteiger partial charge is 0.427 e. The minimum Gasteiger partial charge on any atom is -0.427 e. The third kappa shape index (κ3) is 4.47. The minimum atomic E-state index is -3.28. The van der Waals surface area contributed by atoms with Crippen molar-refractivity contribution in [3.8, 4) is 0 Å². The summed E-state index contributed by atoms with van der Waals surface area (Å²) in [6.45, 7) is 1.09. The van der Waals surface area contributed by atoms with E-state index in [1.165, 1.54) is 0 Å². The van der Waals surface area contributed by atoms with E-state index in [1.54, 1.807) is 0 Å². The van der Waals surface area contributed by atoms with Gasteiger partial charge in [-0.15, -0.1) is 0 Å². The molecule has 0 aromatic carbocycles. The van der Waals surface area contributed by atoms with E-state index < -0.39 is 13.7 Å². The van der Waals surface area contributed by atoms with Gasteiger partial charge < -0.3 is 9.05 Å². The Kier molecular flexibility index (Phi) is 3.53. The smallest absolute Gasteiger partial charge is 0.375 e. The maximum absolute atomic E-state index is 11.3. The molecule has 10 heavy (non-hydrogen) atoms. The number of hydrogen-bond donors (Lipinski definition) is 0. The van der Waals surface area contributed by atoms with Gasteiger partial charge in [-0.2, -0.15) is 8.78 Å². The predicted octanol–water partition coefficient (Wildman–Crippen LogP) is 2.21. The van der Waals surface area contributed by atoms with E-state index >= 15 is 0 Å². The second-order valence-electron chi connectivity index (χ2n) is 1.47. The first-order valence-electron chi connectivity index (χ1n) is 2.31. The summed E-state index contributed by atoms with van der Waals surface area (Å²) in [6.07, 6.45) is -1.94. The molecule has 60 valence electrons. The lowest BCUT2D eigenvalue weighted by atomic mass is 11.1. The molecule has 3 nitrogen and oxygen atoms in total. The highest BCUT2D eigenvalue weighted by Gasteiger charge is 2.13. The molecule has 0 N–H and O–H groups in total. The molecule has 0 fully saturated rings. The van der Waals surface area contributed by atoms with Gasteiger partial charge in [0.2, 0.25) is 0 Å². The zero-order valence-electron chi connectivity index (χ0n) is 5.51. The SMILES string of the molecule is COP(C)(=O)OC=C(F)F. The van der Waals surface area contributed by atoms with Crippen molar-refractivity contribution in [2.75, 3.05) is 13.8 Å². The van der Waals surface area contributed by atoms with Crippen LogP contribution in [-0.2, 0) is 13.6 Å². The van der Waals surface area contributed by atoms with Crippen molar-refractivity contribution in [1.82, 2.24) is 0 Å². The summed E-state index contributed by atoms with van der Waals surface area (Å²) in [4.78, 5) is 0. The highest BCUT2D eigenvalue weighted by atomic mass is 31.2. The summed E-state index contributed by atoms with van der Waals surface area (Å²) in [6, 6.07) is 0. The van der Waals surface area contributed by atoms with Crippen molar-refractivity contribution in [3.05, 3.63) is 12.3 Å². The van der Waals surface area contributed by atoms with Crippen molar-refractivity contribution in [3.63, 3.8) is 0 Å². The van der Waals surface area contributed by atoms with Gasteiger partial charge in [0, 0.05) is 13.8 Å². The molecule has 0 spiro atoms. The third-order valence-corrected chi connectivity index (χ3v) is 1.82. The van der Waals surface area contributed by atoms with Crippen molar-refractivity contribution in [2.45, 2.75) is 0 Å². The Bertz CT molecular complexity index is 175. The fraction of sp³-hybridized carbons (Fsp3) is 0.500. The molecule has 0 bridgehead atoms. The highest BCUT2D eigenvalue weighted by Crippen LogP contribution is 2.43. The number of rotatable bonds is 3. The van der Waals surface area contributed by atoms with Crippen LogP contribution >= 0.6 is 7.60 Å².